The van der Waals surface area contributed by atoms with Crippen LogP contribution >= 0.6 is 0 Å². The van der Waals surface area contributed by atoms with E-state index in [0.717, 1.165) is 48.5 Å². The third kappa shape index (κ3) is 2.26. The van der Waals surface area contributed by atoms with E-state index in [0.29, 0.717) is 5.82 Å². The normalized spacial score (nSPS) is 22.8. The van der Waals surface area contributed by atoms with Crippen molar-refractivity contribution in [2.75, 3.05) is 29.9 Å². The molecule has 2 N–H and O–H groups in total. The number of hydrogen-bond acceptors (Lipinski definition) is 7. The summed E-state index contributed by atoms with van der Waals surface area (Å²) in [5.41, 5.74) is 2.70. The van der Waals surface area contributed by atoms with Gasteiger partial charge in [0.1, 0.15) is 5.69 Å². The molecule has 2 aliphatic rings. The molecule has 0 spiro atoms. The number of fused-ring (bicyclic) bond motifs is 2. The van der Waals surface area contributed by atoms with E-state index in [2.05, 4.69) is 15.4 Å². The second-order valence-electron chi connectivity index (χ2n) is 6.86. The second kappa shape index (κ2) is 5.93. The highest BCUT2D eigenvalue weighted by Gasteiger charge is 2.39. The number of pyridine rings is 1. The van der Waals surface area contributed by atoms with Crippen LogP contribution in [0.4, 0.5) is 11.5 Å². The van der Waals surface area contributed by atoms with Crippen LogP contribution in [0.5, 0.6) is 0 Å². The Morgan fingerprint density at radius 2 is 2.19 bits per heavy atom. The maximum absolute atomic E-state index is 10.8. The first kappa shape index (κ1) is 15.5. The second-order valence-corrected chi connectivity index (χ2v) is 6.86. The van der Waals surface area contributed by atoms with E-state index in [9.17, 15) is 5.11 Å². The van der Waals surface area contributed by atoms with E-state index < -0.39 is 6.35 Å². The van der Waals surface area contributed by atoms with Crippen molar-refractivity contribution in [1.82, 2.24) is 24.9 Å². The lowest BCUT2D eigenvalue weighted by Crippen LogP contribution is -2.52. The highest BCUT2D eigenvalue weighted by atomic mass is 16.3. The molecule has 0 aliphatic carbocycles. The molecular weight excluding hydrogens is 330 g/mol. The molecular formula is C18H21N7O. The van der Waals surface area contributed by atoms with Gasteiger partial charge in [0.15, 0.2) is 11.6 Å². The summed E-state index contributed by atoms with van der Waals surface area (Å²) < 4.78 is 1.82. The van der Waals surface area contributed by atoms with Crippen molar-refractivity contribution in [1.29, 1.82) is 0 Å². The van der Waals surface area contributed by atoms with Crippen molar-refractivity contribution in [3.8, 4) is 11.4 Å². The number of piperidine rings is 1. The van der Waals surface area contributed by atoms with Crippen molar-refractivity contribution in [2.45, 2.75) is 25.2 Å². The van der Waals surface area contributed by atoms with Gasteiger partial charge in [-0.15, -0.1) is 0 Å². The molecule has 134 valence electrons. The molecule has 3 aromatic rings. The molecule has 0 radical (unpaired) electrons. The van der Waals surface area contributed by atoms with E-state index >= 15 is 0 Å². The van der Waals surface area contributed by atoms with Crippen molar-refractivity contribution in [3.63, 3.8) is 0 Å². The zero-order chi connectivity index (χ0) is 17.7. The Balaban J connectivity index is 1.60. The summed E-state index contributed by atoms with van der Waals surface area (Å²) in [6, 6.07) is 6.14. The third-order valence-electron chi connectivity index (χ3n) is 5.30. The molecule has 8 heteroatoms. The molecule has 1 unspecified atom stereocenters. The summed E-state index contributed by atoms with van der Waals surface area (Å²) in [5, 5.41) is 18.6. The van der Waals surface area contributed by atoms with Gasteiger partial charge >= 0.3 is 0 Å². The summed E-state index contributed by atoms with van der Waals surface area (Å²) in [4.78, 5) is 13.2. The number of aromatic nitrogens is 4. The monoisotopic (exact) mass is 351 g/mol. The predicted octanol–water partition coefficient (Wildman–Crippen LogP) is 1.08. The third-order valence-corrected chi connectivity index (χ3v) is 5.30. The first-order chi connectivity index (χ1) is 12.7. The zero-order valence-corrected chi connectivity index (χ0v) is 14.6. The number of hydrogen-bond donors (Lipinski definition) is 2. The summed E-state index contributed by atoms with van der Waals surface area (Å²) in [7, 11) is 1.87. The minimum Gasteiger partial charge on any atom is -0.356 e. The molecule has 1 saturated heterocycles. The smallest absolute Gasteiger partial charge is 0.209 e. The predicted molar refractivity (Wildman–Crippen MR) is 99.0 cm³/mol. The van der Waals surface area contributed by atoms with Crippen LogP contribution in [-0.2, 0) is 0 Å². The van der Waals surface area contributed by atoms with Gasteiger partial charge < -0.3 is 20.2 Å². The molecule has 26 heavy (non-hydrogen) atoms. The van der Waals surface area contributed by atoms with Gasteiger partial charge in [0.25, 0.3) is 0 Å². The van der Waals surface area contributed by atoms with E-state index in [4.69, 9.17) is 4.98 Å². The van der Waals surface area contributed by atoms with Crippen LogP contribution < -0.4 is 15.1 Å². The summed E-state index contributed by atoms with van der Waals surface area (Å²) in [6.07, 6.45) is 6.90. The molecule has 2 aliphatic heterocycles. The Morgan fingerprint density at radius 1 is 1.27 bits per heavy atom. The van der Waals surface area contributed by atoms with Crippen LogP contribution in [0.15, 0.2) is 36.8 Å². The van der Waals surface area contributed by atoms with Crippen LogP contribution in [-0.4, -0.2) is 57.2 Å². The largest absolute Gasteiger partial charge is 0.356 e. The van der Waals surface area contributed by atoms with Crippen molar-refractivity contribution in [3.05, 3.63) is 36.8 Å². The lowest BCUT2D eigenvalue weighted by Gasteiger charge is -2.35. The van der Waals surface area contributed by atoms with E-state index in [1.165, 1.54) is 0 Å². The van der Waals surface area contributed by atoms with Crippen LogP contribution in [0, 0.1) is 0 Å². The van der Waals surface area contributed by atoms with Gasteiger partial charge in [-0.1, -0.05) is 6.07 Å². The van der Waals surface area contributed by atoms with Crippen LogP contribution in [0.1, 0.15) is 12.8 Å². The molecule has 1 fully saturated rings. The Hall–Kier alpha value is -2.71. The van der Waals surface area contributed by atoms with Gasteiger partial charge in [0, 0.05) is 25.8 Å². The van der Waals surface area contributed by atoms with E-state index in [1.54, 1.807) is 12.4 Å². The molecule has 0 aromatic carbocycles. The Bertz CT molecular complexity index is 950. The standard InChI is InChI=1S/C18H21N7O/c1-23-15-11-20-16(13-10-21-24-8-3-2-6-14(13)24)22-17(15)25(18(23)26)12-5-4-7-19-9-12/h2-3,6,8,10-12,18-19,26H,4-5,7,9H2,1H3/t12?,18-/m0/s1. The fourth-order valence-corrected chi connectivity index (χ4v) is 3.89. The SMILES string of the molecule is CN1c2cnc(-c3cnn4ccccc34)nc2N(C2CCCNC2)[C@H]1O. The fraction of sp³-hybridized carbons (Fsp3) is 0.389. The van der Waals surface area contributed by atoms with Crippen molar-refractivity contribution < 1.29 is 5.11 Å². The number of nitrogens with zero attached hydrogens (tertiary/aromatic N) is 6. The Kier molecular flexibility index (Phi) is 3.54. The lowest BCUT2D eigenvalue weighted by atomic mass is 10.1. The maximum Gasteiger partial charge on any atom is 0.209 e. The van der Waals surface area contributed by atoms with E-state index in [1.807, 2.05) is 45.8 Å². The quantitative estimate of drug-likeness (QED) is 0.715. The van der Waals surface area contributed by atoms with E-state index in [-0.39, 0.29) is 6.04 Å². The lowest BCUT2D eigenvalue weighted by molar-refractivity contribution is 0.160. The van der Waals surface area contributed by atoms with Crippen LogP contribution in [0.2, 0.25) is 0 Å². The van der Waals surface area contributed by atoms with Crippen molar-refractivity contribution >= 4 is 17.0 Å². The molecule has 2 atom stereocenters. The Labute approximate surface area is 151 Å². The average Bonchev–Trinajstić information content (AvgIpc) is 3.22. The molecule has 0 bridgehead atoms. The number of aliphatic hydroxyl groups excluding tert-OH is 1. The van der Waals surface area contributed by atoms with Gasteiger partial charge in [-0.05, 0) is 31.5 Å². The summed E-state index contributed by atoms with van der Waals surface area (Å²) in [5.74, 6) is 1.41. The highest BCUT2D eigenvalue weighted by molar-refractivity contribution is 5.80. The van der Waals surface area contributed by atoms with Gasteiger partial charge in [-0.25, -0.2) is 14.5 Å². The molecule has 5 rings (SSSR count). The first-order valence-electron chi connectivity index (χ1n) is 8.94. The van der Waals surface area contributed by atoms with Gasteiger partial charge in [0.2, 0.25) is 6.35 Å². The Morgan fingerprint density at radius 3 is 3.04 bits per heavy atom. The van der Waals surface area contributed by atoms with Gasteiger partial charge in [-0.3, -0.25) is 0 Å². The molecule has 8 nitrogen and oxygen atoms in total. The maximum atomic E-state index is 10.8. The summed E-state index contributed by atoms with van der Waals surface area (Å²) in [6.45, 7) is 1.88. The number of aliphatic hydroxyl groups is 1. The fourth-order valence-electron chi connectivity index (χ4n) is 3.89. The molecule has 3 aromatic heterocycles. The minimum absolute atomic E-state index is 0.217. The highest BCUT2D eigenvalue weighted by Crippen LogP contribution is 2.39. The molecule has 5 heterocycles. The first-order valence-corrected chi connectivity index (χ1v) is 8.94. The van der Waals surface area contributed by atoms with Gasteiger partial charge in [0.05, 0.1) is 23.5 Å². The number of nitrogens with one attached hydrogen (secondary N) is 1. The zero-order valence-electron chi connectivity index (χ0n) is 14.6. The molecule has 0 amide bonds. The summed E-state index contributed by atoms with van der Waals surface area (Å²) >= 11 is 0. The van der Waals surface area contributed by atoms with Crippen molar-refractivity contribution in [2.24, 2.45) is 0 Å². The van der Waals surface area contributed by atoms with Crippen LogP contribution in [0.3, 0.4) is 0 Å². The minimum atomic E-state index is -0.719. The molecule has 0 saturated carbocycles. The van der Waals surface area contributed by atoms with Crippen LogP contribution in [0.25, 0.3) is 16.9 Å². The van der Waals surface area contributed by atoms with Gasteiger partial charge in [-0.2, -0.15) is 5.10 Å². The average molecular weight is 351 g/mol. The topological polar surface area (TPSA) is 81.8 Å². The number of rotatable bonds is 2. The number of anilines is 2.